The third-order valence-electron chi connectivity index (χ3n) is 6.04. The second kappa shape index (κ2) is 6.87. The molecule has 2 fully saturated rings. The summed E-state index contributed by atoms with van der Waals surface area (Å²) >= 11 is 0. The number of benzene rings is 1. The molecule has 0 spiro atoms. The van der Waals surface area contributed by atoms with Gasteiger partial charge >= 0.3 is 0 Å². The Kier molecular flexibility index (Phi) is 4.59. The Morgan fingerprint density at radius 1 is 1.16 bits per heavy atom. The van der Waals surface area contributed by atoms with Gasteiger partial charge in [-0.1, -0.05) is 12.8 Å². The van der Waals surface area contributed by atoms with Crippen molar-refractivity contribution in [3.05, 3.63) is 40.2 Å². The molecule has 0 unspecified atom stereocenters. The molecule has 25 heavy (non-hydrogen) atoms. The van der Waals surface area contributed by atoms with Crippen molar-refractivity contribution in [1.82, 2.24) is 14.5 Å². The molecular formula is C20H26FN3O. The molecule has 2 aromatic rings. The summed E-state index contributed by atoms with van der Waals surface area (Å²) in [6, 6.07) is 5.03. The van der Waals surface area contributed by atoms with Crippen molar-refractivity contribution in [1.29, 1.82) is 0 Å². The Bertz CT molecular complexity index is 818. The average molecular weight is 343 g/mol. The Morgan fingerprint density at radius 2 is 1.88 bits per heavy atom. The van der Waals surface area contributed by atoms with E-state index in [0.29, 0.717) is 22.6 Å². The first-order chi connectivity index (χ1) is 12.1. The van der Waals surface area contributed by atoms with Crippen LogP contribution in [0.5, 0.6) is 0 Å². The summed E-state index contributed by atoms with van der Waals surface area (Å²) in [5.41, 5.74) is 0.413. The largest absolute Gasteiger partial charge is 0.300 e. The summed E-state index contributed by atoms with van der Waals surface area (Å²) in [5.74, 6) is 0.853. The number of halogens is 1. The molecule has 0 amide bonds. The van der Waals surface area contributed by atoms with E-state index in [4.69, 9.17) is 0 Å². The lowest BCUT2D eigenvalue weighted by atomic mass is 9.95. The predicted molar refractivity (Wildman–Crippen MR) is 97.3 cm³/mol. The third kappa shape index (κ3) is 3.34. The van der Waals surface area contributed by atoms with Crippen LogP contribution in [0.25, 0.3) is 10.9 Å². The zero-order valence-electron chi connectivity index (χ0n) is 14.9. The number of aromatic nitrogens is 2. The monoisotopic (exact) mass is 343 g/mol. The van der Waals surface area contributed by atoms with E-state index in [2.05, 4.69) is 9.88 Å². The van der Waals surface area contributed by atoms with Crippen LogP contribution < -0.4 is 5.56 Å². The molecular weight excluding hydrogens is 317 g/mol. The minimum absolute atomic E-state index is 0.0410. The topological polar surface area (TPSA) is 38.1 Å². The maximum absolute atomic E-state index is 13.4. The van der Waals surface area contributed by atoms with Gasteiger partial charge in [0.2, 0.25) is 0 Å². The van der Waals surface area contributed by atoms with E-state index in [1.807, 2.05) is 6.92 Å². The van der Waals surface area contributed by atoms with Crippen LogP contribution >= 0.6 is 0 Å². The summed E-state index contributed by atoms with van der Waals surface area (Å²) < 4.78 is 15.2. The quantitative estimate of drug-likeness (QED) is 0.856. The van der Waals surface area contributed by atoms with E-state index in [-0.39, 0.29) is 11.4 Å². The first-order valence-electron chi connectivity index (χ1n) is 9.52. The second-order valence-corrected chi connectivity index (χ2v) is 7.65. The Morgan fingerprint density at radius 3 is 2.60 bits per heavy atom. The minimum Gasteiger partial charge on any atom is -0.300 e. The highest BCUT2D eigenvalue weighted by molar-refractivity contribution is 5.77. The number of piperidine rings is 1. The fourth-order valence-electron chi connectivity index (χ4n) is 4.55. The van der Waals surface area contributed by atoms with Gasteiger partial charge in [-0.25, -0.2) is 9.37 Å². The number of nitrogens with zero attached hydrogens (tertiary/aromatic N) is 3. The first-order valence-corrected chi connectivity index (χ1v) is 9.52. The standard InChI is InChI=1S/C20H26FN3O/c1-14-22-19-12-16(21)6-7-18(19)20(25)24(14)13-15-8-10-23(11-9-15)17-4-2-3-5-17/h6-7,12,15,17H,2-5,8-11,13H2,1H3. The van der Waals surface area contributed by atoms with Gasteiger partial charge in [-0.15, -0.1) is 0 Å². The van der Waals surface area contributed by atoms with E-state index in [1.165, 1.54) is 37.8 Å². The molecule has 5 heteroatoms. The lowest BCUT2D eigenvalue weighted by Gasteiger charge is -2.36. The van der Waals surface area contributed by atoms with Crippen LogP contribution in [0.15, 0.2) is 23.0 Å². The minimum atomic E-state index is -0.351. The molecule has 134 valence electrons. The molecule has 1 saturated heterocycles. The lowest BCUT2D eigenvalue weighted by Crippen LogP contribution is -2.41. The van der Waals surface area contributed by atoms with Gasteiger partial charge in [0.05, 0.1) is 10.9 Å². The molecule has 1 saturated carbocycles. The fraction of sp³-hybridized carbons (Fsp3) is 0.600. The smallest absolute Gasteiger partial charge is 0.261 e. The van der Waals surface area contributed by atoms with Crippen molar-refractivity contribution in [2.75, 3.05) is 13.1 Å². The van der Waals surface area contributed by atoms with Gasteiger partial charge in [0.25, 0.3) is 5.56 Å². The zero-order valence-corrected chi connectivity index (χ0v) is 14.9. The molecule has 0 radical (unpaired) electrons. The van der Waals surface area contributed by atoms with Crippen LogP contribution in [0.3, 0.4) is 0 Å². The maximum Gasteiger partial charge on any atom is 0.261 e. The normalized spacial score (nSPS) is 20.6. The van der Waals surface area contributed by atoms with Gasteiger partial charge in [-0.05, 0) is 63.7 Å². The molecule has 1 aromatic carbocycles. The molecule has 0 atom stereocenters. The predicted octanol–water partition coefficient (Wildman–Crippen LogP) is 3.50. The maximum atomic E-state index is 13.4. The van der Waals surface area contributed by atoms with Gasteiger partial charge in [0, 0.05) is 18.7 Å². The molecule has 4 nitrogen and oxygen atoms in total. The number of aryl methyl sites for hydroxylation is 1. The summed E-state index contributed by atoms with van der Waals surface area (Å²) in [7, 11) is 0. The van der Waals surface area contributed by atoms with Gasteiger partial charge < -0.3 is 4.90 Å². The number of hydrogen-bond donors (Lipinski definition) is 0. The Labute approximate surface area is 147 Å². The van der Waals surface area contributed by atoms with Crippen LogP contribution in [0.1, 0.15) is 44.3 Å². The molecule has 0 bridgehead atoms. The molecule has 1 aliphatic heterocycles. The average Bonchev–Trinajstić information content (AvgIpc) is 3.13. The molecule has 1 aromatic heterocycles. The zero-order chi connectivity index (χ0) is 17.4. The fourth-order valence-corrected chi connectivity index (χ4v) is 4.55. The van der Waals surface area contributed by atoms with Crippen LogP contribution in [0, 0.1) is 18.7 Å². The highest BCUT2D eigenvalue weighted by Crippen LogP contribution is 2.28. The molecule has 0 N–H and O–H groups in total. The van der Waals surface area contributed by atoms with E-state index in [0.717, 1.165) is 38.5 Å². The van der Waals surface area contributed by atoms with Crippen molar-refractivity contribution < 1.29 is 4.39 Å². The molecule has 2 aliphatic rings. The van der Waals surface area contributed by atoms with Crippen LogP contribution in [-0.4, -0.2) is 33.6 Å². The Hall–Kier alpha value is -1.75. The summed E-state index contributed by atoms with van der Waals surface area (Å²) in [4.78, 5) is 19.9. The van der Waals surface area contributed by atoms with E-state index in [9.17, 15) is 9.18 Å². The summed E-state index contributed by atoms with van der Waals surface area (Å²) in [6.45, 7) is 4.87. The number of fused-ring (bicyclic) bond motifs is 1. The van der Waals surface area contributed by atoms with E-state index >= 15 is 0 Å². The lowest BCUT2D eigenvalue weighted by molar-refractivity contribution is 0.126. The van der Waals surface area contributed by atoms with Crippen molar-refractivity contribution >= 4 is 10.9 Å². The SMILES string of the molecule is Cc1nc2cc(F)ccc2c(=O)n1CC1CCN(C2CCCC2)CC1. The Balaban J connectivity index is 1.49. The van der Waals surface area contributed by atoms with Crippen LogP contribution in [0.2, 0.25) is 0 Å². The van der Waals surface area contributed by atoms with E-state index in [1.54, 1.807) is 10.6 Å². The summed E-state index contributed by atoms with van der Waals surface area (Å²) in [5, 5.41) is 0.510. The van der Waals surface area contributed by atoms with Gasteiger partial charge in [-0.2, -0.15) is 0 Å². The van der Waals surface area contributed by atoms with Gasteiger partial charge in [0.15, 0.2) is 0 Å². The van der Waals surface area contributed by atoms with Crippen molar-refractivity contribution in [3.63, 3.8) is 0 Å². The highest BCUT2D eigenvalue weighted by Gasteiger charge is 2.27. The molecule has 1 aliphatic carbocycles. The van der Waals surface area contributed by atoms with Crippen molar-refractivity contribution in [2.24, 2.45) is 5.92 Å². The van der Waals surface area contributed by atoms with Gasteiger partial charge in [0.1, 0.15) is 11.6 Å². The molecule has 2 heterocycles. The van der Waals surface area contributed by atoms with Gasteiger partial charge in [-0.3, -0.25) is 9.36 Å². The number of rotatable bonds is 3. The highest BCUT2D eigenvalue weighted by atomic mass is 19.1. The summed E-state index contributed by atoms with van der Waals surface area (Å²) in [6.07, 6.45) is 7.75. The molecule has 4 rings (SSSR count). The number of likely N-dealkylation sites (tertiary alicyclic amines) is 1. The second-order valence-electron chi connectivity index (χ2n) is 7.65. The first kappa shape index (κ1) is 16.7. The van der Waals surface area contributed by atoms with E-state index < -0.39 is 0 Å². The number of hydrogen-bond acceptors (Lipinski definition) is 3. The van der Waals surface area contributed by atoms with Crippen LogP contribution in [-0.2, 0) is 6.54 Å². The van der Waals surface area contributed by atoms with Crippen molar-refractivity contribution in [3.8, 4) is 0 Å². The van der Waals surface area contributed by atoms with Crippen molar-refractivity contribution in [2.45, 2.75) is 58.0 Å². The van der Waals surface area contributed by atoms with Crippen LogP contribution in [0.4, 0.5) is 4.39 Å². The third-order valence-corrected chi connectivity index (χ3v) is 6.04.